The number of nitrogens with zero attached hydrogens (tertiary/aromatic N) is 2. The van der Waals surface area contributed by atoms with E-state index in [-0.39, 0.29) is 12.5 Å². The summed E-state index contributed by atoms with van der Waals surface area (Å²) in [5.74, 6) is -1.53. The second kappa shape index (κ2) is 8.24. The van der Waals surface area contributed by atoms with Gasteiger partial charge in [-0.25, -0.2) is 4.39 Å². The third kappa shape index (κ3) is 4.12. The first-order valence-corrected chi connectivity index (χ1v) is 10.3. The highest BCUT2D eigenvalue weighted by molar-refractivity contribution is 8.01. The number of benzene rings is 2. The minimum absolute atomic E-state index is 0.206. The van der Waals surface area contributed by atoms with Crippen LogP contribution in [0.1, 0.15) is 12.8 Å². The number of carbonyl (C=O) groups is 3. The Kier molecular flexibility index (Phi) is 5.53. The van der Waals surface area contributed by atoms with Gasteiger partial charge in [-0.3, -0.25) is 14.4 Å². The van der Waals surface area contributed by atoms with Gasteiger partial charge in [0, 0.05) is 23.7 Å². The number of likely N-dealkylation sites (tertiary alicyclic amines) is 1. The van der Waals surface area contributed by atoms with Crippen molar-refractivity contribution >= 4 is 40.9 Å². The lowest BCUT2D eigenvalue weighted by Gasteiger charge is -2.34. The van der Waals surface area contributed by atoms with E-state index in [1.807, 2.05) is 12.1 Å². The Hall–Kier alpha value is -2.87. The van der Waals surface area contributed by atoms with E-state index in [1.165, 1.54) is 34.9 Å². The Balaban J connectivity index is 1.56. The van der Waals surface area contributed by atoms with Crippen LogP contribution < -0.4 is 10.2 Å². The van der Waals surface area contributed by atoms with Crippen molar-refractivity contribution < 1.29 is 18.8 Å². The lowest BCUT2D eigenvalue weighted by Crippen LogP contribution is -2.51. The van der Waals surface area contributed by atoms with E-state index < -0.39 is 22.9 Å². The molecule has 1 fully saturated rings. The lowest BCUT2D eigenvalue weighted by atomic mass is 10.2. The van der Waals surface area contributed by atoms with Gasteiger partial charge in [-0.1, -0.05) is 18.2 Å². The van der Waals surface area contributed by atoms with Gasteiger partial charge < -0.3 is 15.1 Å². The fourth-order valence-electron chi connectivity index (χ4n) is 3.55. The number of amides is 3. The molecule has 2 aliphatic rings. The molecule has 8 heteroatoms. The number of anilines is 2. The van der Waals surface area contributed by atoms with Crippen LogP contribution in [0, 0.1) is 5.82 Å². The van der Waals surface area contributed by atoms with Crippen molar-refractivity contribution in [3.05, 3.63) is 54.3 Å². The predicted molar refractivity (Wildman–Crippen MR) is 109 cm³/mol. The molecule has 2 aliphatic heterocycles. The Morgan fingerprint density at radius 1 is 1.10 bits per heavy atom. The number of rotatable bonds is 4. The molecular weight excluding hydrogens is 393 g/mol. The standard InChI is InChI=1S/C21H20FN3O3S/c22-14-6-5-7-15(12-14)23-18(26)13-25-16-8-1-2-9-17(16)29-19(21(25)28)20(27)24-10-3-4-11-24/h1-2,5-9,12,19H,3-4,10-11,13H2,(H,23,26)/t19-/m0/s1. The van der Waals surface area contributed by atoms with Crippen LogP contribution in [0.3, 0.4) is 0 Å². The van der Waals surface area contributed by atoms with Crippen LogP contribution >= 0.6 is 11.8 Å². The highest BCUT2D eigenvalue weighted by Crippen LogP contribution is 2.40. The molecule has 0 spiro atoms. The topological polar surface area (TPSA) is 69.7 Å². The number of hydrogen-bond donors (Lipinski definition) is 1. The van der Waals surface area contributed by atoms with Crippen molar-refractivity contribution in [2.45, 2.75) is 23.0 Å². The van der Waals surface area contributed by atoms with Gasteiger partial charge in [0.1, 0.15) is 12.4 Å². The first kappa shape index (κ1) is 19.4. The van der Waals surface area contributed by atoms with Crippen LogP contribution in [0.2, 0.25) is 0 Å². The normalized spacial score (nSPS) is 18.5. The Labute approximate surface area is 172 Å². The molecule has 0 aromatic heterocycles. The van der Waals surface area contributed by atoms with E-state index >= 15 is 0 Å². The van der Waals surface area contributed by atoms with Crippen LogP contribution in [0.15, 0.2) is 53.4 Å². The molecule has 4 rings (SSSR count). The molecule has 1 N–H and O–H groups in total. The van der Waals surface area contributed by atoms with Gasteiger partial charge in [-0.05, 0) is 43.2 Å². The monoisotopic (exact) mass is 413 g/mol. The number of thioether (sulfide) groups is 1. The summed E-state index contributed by atoms with van der Waals surface area (Å²) in [5, 5.41) is 1.71. The quantitative estimate of drug-likeness (QED) is 0.783. The fourth-order valence-corrected chi connectivity index (χ4v) is 4.74. The van der Waals surface area contributed by atoms with Gasteiger partial charge in [0.05, 0.1) is 5.69 Å². The molecule has 29 heavy (non-hydrogen) atoms. The van der Waals surface area contributed by atoms with Gasteiger partial charge >= 0.3 is 0 Å². The number of fused-ring (bicyclic) bond motifs is 1. The van der Waals surface area contributed by atoms with E-state index in [1.54, 1.807) is 23.1 Å². The average Bonchev–Trinajstić information content (AvgIpc) is 3.24. The van der Waals surface area contributed by atoms with E-state index in [4.69, 9.17) is 0 Å². The van der Waals surface area contributed by atoms with E-state index in [0.717, 1.165) is 17.7 Å². The van der Waals surface area contributed by atoms with Crippen LogP contribution in [0.25, 0.3) is 0 Å². The first-order valence-electron chi connectivity index (χ1n) is 9.44. The molecule has 2 heterocycles. The Bertz CT molecular complexity index is 962. The number of halogens is 1. The summed E-state index contributed by atoms with van der Waals surface area (Å²) < 4.78 is 13.4. The third-order valence-corrected chi connectivity index (χ3v) is 6.18. The molecule has 1 saturated heterocycles. The molecule has 3 amide bonds. The molecule has 150 valence electrons. The summed E-state index contributed by atoms with van der Waals surface area (Å²) in [6.07, 6.45) is 1.88. The van der Waals surface area contributed by atoms with Gasteiger partial charge in [-0.15, -0.1) is 11.8 Å². The van der Waals surface area contributed by atoms with Crippen LogP contribution in [0.4, 0.5) is 15.8 Å². The van der Waals surface area contributed by atoms with E-state index in [9.17, 15) is 18.8 Å². The van der Waals surface area contributed by atoms with Crippen molar-refractivity contribution in [2.75, 3.05) is 29.9 Å². The fraction of sp³-hybridized carbons (Fsp3) is 0.286. The lowest BCUT2D eigenvalue weighted by molar-refractivity contribution is -0.134. The highest BCUT2D eigenvalue weighted by atomic mass is 32.2. The second-order valence-corrected chi connectivity index (χ2v) is 8.13. The zero-order valence-electron chi connectivity index (χ0n) is 15.6. The molecule has 0 bridgehead atoms. The Morgan fingerprint density at radius 3 is 2.62 bits per heavy atom. The summed E-state index contributed by atoms with van der Waals surface area (Å²) >= 11 is 1.23. The average molecular weight is 413 g/mol. The van der Waals surface area contributed by atoms with Gasteiger partial charge in [0.25, 0.3) is 5.91 Å². The smallest absolute Gasteiger partial charge is 0.250 e. The second-order valence-electron chi connectivity index (χ2n) is 6.98. The van der Waals surface area contributed by atoms with Crippen molar-refractivity contribution in [3.63, 3.8) is 0 Å². The molecule has 2 aromatic carbocycles. The molecule has 0 aliphatic carbocycles. The summed E-state index contributed by atoms with van der Waals surface area (Å²) in [4.78, 5) is 42.4. The van der Waals surface area contributed by atoms with Crippen LogP contribution in [-0.4, -0.2) is 47.5 Å². The molecule has 6 nitrogen and oxygen atoms in total. The maximum absolute atomic E-state index is 13.4. The maximum Gasteiger partial charge on any atom is 0.250 e. The number of carbonyl (C=O) groups excluding carboxylic acids is 3. The number of hydrogen-bond acceptors (Lipinski definition) is 4. The predicted octanol–water partition coefficient (Wildman–Crippen LogP) is 2.89. The summed E-state index contributed by atoms with van der Waals surface area (Å²) in [5.41, 5.74) is 0.911. The number of nitrogens with one attached hydrogen (secondary N) is 1. The van der Waals surface area contributed by atoms with Crippen molar-refractivity contribution in [1.82, 2.24) is 4.90 Å². The minimum Gasteiger partial charge on any atom is -0.341 e. The SMILES string of the molecule is O=C(CN1C(=O)[C@H](C(=O)N2CCCC2)Sc2ccccc21)Nc1cccc(F)c1. The van der Waals surface area contributed by atoms with Crippen LogP contribution in [-0.2, 0) is 14.4 Å². The van der Waals surface area contributed by atoms with Crippen molar-refractivity contribution in [1.29, 1.82) is 0 Å². The van der Waals surface area contributed by atoms with E-state index in [2.05, 4.69) is 5.32 Å². The molecule has 0 radical (unpaired) electrons. The summed E-state index contributed by atoms with van der Waals surface area (Å²) in [7, 11) is 0. The van der Waals surface area contributed by atoms with Crippen molar-refractivity contribution in [2.24, 2.45) is 0 Å². The first-order chi connectivity index (χ1) is 14.0. The molecule has 1 atom stereocenters. The van der Waals surface area contributed by atoms with Gasteiger partial charge in [0.2, 0.25) is 11.8 Å². The zero-order valence-corrected chi connectivity index (χ0v) is 16.5. The Morgan fingerprint density at radius 2 is 1.86 bits per heavy atom. The number of para-hydroxylation sites is 1. The molecule has 2 aromatic rings. The molecule has 0 unspecified atom stereocenters. The van der Waals surface area contributed by atoms with Gasteiger partial charge in [0.15, 0.2) is 5.25 Å². The molecule has 0 saturated carbocycles. The third-order valence-electron chi connectivity index (χ3n) is 4.94. The van der Waals surface area contributed by atoms with Crippen molar-refractivity contribution in [3.8, 4) is 0 Å². The largest absolute Gasteiger partial charge is 0.341 e. The zero-order chi connectivity index (χ0) is 20.4. The van der Waals surface area contributed by atoms with Gasteiger partial charge in [-0.2, -0.15) is 0 Å². The maximum atomic E-state index is 13.4. The van der Waals surface area contributed by atoms with E-state index in [0.29, 0.717) is 24.5 Å². The summed E-state index contributed by atoms with van der Waals surface area (Å²) in [6.45, 7) is 1.06. The van der Waals surface area contributed by atoms with Crippen LogP contribution in [0.5, 0.6) is 0 Å². The molecular formula is C21H20FN3O3S. The highest BCUT2D eigenvalue weighted by Gasteiger charge is 2.41. The minimum atomic E-state index is -0.898. The summed E-state index contributed by atoms with van der Waals surface area (Å²) in [6, 6.07) is 12.8.